The van der Waals surface area contributed by atoms with E-state index in [1.807, 2.05) is 20.8 Å². The summed E-state index contributed by atoms with van der Waals surface area (Å²) in [4.78, 5) is 14.5. The molecule has 1 aromatic carbocycles. The van der Waals surface area contributed by atoms with Gasteiger partial charge in [-0.2, -0.15) is 0 Å². The molecule has 0 unspecified atom stereocenters. The highest BCUT2D eigenvalue weighted by Gasteiger charge is 2.45. The van der Waals surface area contributed by atoms with Crippen LogP contribution in [-0.2, 0) is 4.79 Å². The van der Waals surface area contributed by atoms with Gasteiger partial charge in [0.2, 0.25) is 0 Å². The first-order valence-electron chi connectivity index (χ1n) is 6.92. The van der Waals surface area contributed by atoms with Gasteiger partial charge in [0.1, 0.15) is 11.5 Å². The van der Waals surface area contributed by atoms with E-state index in [0.717, 1.165) is 12.1 Å². The molecule has 19 heavy (non-hydrogen) atoms. The Morgan fingerprint density at radius 1 is 1.26 bits per heavy atom. The van der Waals surface area contributed by atoms with Gasteiger partial charge >= 0.3 is 0 Å². The minimum absolute atomic E-state index is 0.0255. The monoisotopic (exact) mass is 263 g/mol. The van der Waals surface area contributed by atoms with Gasteiger partial charge in [0.25, 0.3) is 5.91 Å². The second-order valence-corrected chi connectivity index (χ2v) is 4.91. The Bertz CT molecular complexity index is 480. The second-order valence-electron chi connectivity index (χ2n) is 4.91. The van der Waals surface area contributed by atoms with Crippen LogP contribution in [0, 0.1) is 0 Å². The fraction of sp³-hybridized carbons (Fsp3) is 0.533. The van der Waals surface area contributed by atoms with Crippen molar-refractivity contribution in [3.63, 3.8) is 0 Å². The minimum atomic E-state index is -0.796. The zero-order valence-corrected chi connectivity index (χ0v) is 11.8. The summed E-state index contributed by atoms with van der Waals surface area (Å²) in [6.07, 6.45) is 2.13. The van der Waals surface area contributed by atoms with E-state index in [9.17, 15) is 9.90 Å². The van der Waals surface area contributed by atoms with E-state index in [0.29, 0.717) is 25.1 Å². The lowest BCUT2D eigenvalue weighted by Gasteiger charge is -2.42. The highest BCUT2D eigenvalue weighted by Crippen LogP contribution is 2.42. The number of aromatic hydroxyl groups is 1. The van der Waals surface area contributed by atoms with E-state index >= 15 is 0 Å². The summed E-state index contributed by atoms with van der Waals surface area (Å²) in [5.41, 5.74) is -0.0437. The van der Waals surface area contributed by atoms with Gasteiger partial charge < -0.3 is 14.7 Å². The number of benzene rings is 1. The number of ether oxygens (including phenoxy) is 1. The third-order valence-corrected chi connectivity index (χ3v) is 3.76. The first-order chi connectivity index (χ1) is 9.07. The number of hydrogen-bond acceptors (Lipinski definition) is 3. The number of phenols is 1. The fourth-order valence-electron chi connectivity index (χ4n) is 2.56. The van der Waals surface area contributed by atoms with E-state index in [1.54, 1.807) is 23.1 Å². The maximum atomic E-state index is 12.7. The van der Waals surface area contributed by atoms with Gasteiger partial charge in [0.05, 0.1) is 5.69 Å². The lowest BCUT2D eigenvalue weighted by Crippen LogP contribution is -2.55. The summed E-state index contributed by atoms with van der Waals surface area (Å²) in [5.74, 6) is 0.778. The van der Waals surface area contributed by atoms with E-state index in [1.165, 1.54) is 0 Å². The molecule has 0 atom stereocenters. The van der Waals surface area contributed by atoms with Gasteiger partial charge in [-0.1, -0.05) is 20.8 Å². The molecule has 1 aliphatic heterocycles. The van der Waals surface area contributed by atoms with Crippen molar-refractivity contribution in [3.8, 4) is 11.5 Å². The van der Waals surface area contributed by atoms with E-state index in [-0.39, 0.29) is 11.7 Å². The number of carbonyl (C=O) groups is 1. The molecule has 0 bridgehead atoms. The second kappa shape index (κ2) is 5.11. The van der Waals surface area contributed by atoms with Crippen LogP contribution in [-0.4, -0.2) is 23.2 Å². The Balaban J connectivity index is 2.52. The Hall–Kier alpha value is -1.71. The Morgan fingerprint density at radius 2 is 1.95 bits per heavy atom. The average molecular weight is 263 g/mol. The summed E-state index contributed by atoms with van der Waals surface area (Å²) in [6, 6.07) is 4.92. The van der Waals surface area contributed by atoms with Crippen molar-refractivity contribution in [2.75, 3.05) is 11.4 Å². The molecule has 4 heteroatoms. The lowest BCUT2D eigenvalue weighted by molar-refractivity contribution is -0.136. The molecule has 0 aromatic heterocycles. The van der Waals surface area contributed by atoms with Crippen LogP contribution in [0.15, 0.2) is 18.2 Å². The summed E-state index contributed by atoms with van der Waals surface area (Å²) in [7, 11) is 0. The molecule has 0 saturated heterocycles. The van der Waals surface area contributed by atoms with Crippen molar-refractivity contribution in [1.29, 1.82) is 0 Å². The molecule has 0 fully saturated rings. The molecular formula is C15H21NO3. The normalized spacial score (nSPS) is 17.0. The predicted octanol–water partition coefficient (Wildman–Crippen LogP) is 3.09. The van der Waals surface area contributed by atoms with Gasteiger partial charge in [0, 0.05) is 12.6 Å². The molecule has 2 rings (SSSR count). The third-order valence-electron chi connectivity index (χ3n) is 3.76. The number of hydrogen-bond donors (Lipinski definition) is 1. The minimum Gasteiger partial charge on any atom is -0.508 e. The van der Waals surface area contributed by atoms with Crippen molar-refractivity contribution >= 4 is 11.6 Å². The highest BCUT2D eigenvalue weighted by atomic mass is 16.5. The van der Waals surface area contributed by atoms with Crippen molar-refractivity contribution in [2.24, 2.45) is 0 Å². The molecule has 0 saturated carbocycles. The lowest BCUT2D eigenvalue weighted by atomic mass is 9.92. The topological polar surface area (TPSA) is 49.8 Å². The largest absolute Gasteiger partial charge is 0.508 e. The SMILES string of the molecule is CCCN1C(=O)C(CC)(CC)Oc2cc(O)ccc21. The first-order valence-corrected chi connectivity index (χ1v) is 6.92. The molecule has 0 aliphatic carbocycles. The van der Waals surface area contributed by atoms with Gasteiger partial charge in [-0.05, 0) is 31.4 Å². The van der Waals surface area contributed by atoms with Crippen LogP contribution in [0.3, 0.4) is 0 Å². The van der Waals surface area contributed by atoms with Gasteiger partial charge in [-0.25, -0.2) is 0 Å². The Morgan fingerprint density at radius 3 is 2.53 bits per heavy atom. The molecule has 1 aliphatic rings. The van der Waals surface area contributed by atoms with E-state index in [4.69, 9.17) is 4.74 Å². The maximum Gasteiger partial charge on any atom is 0.271 e. The smallest absolute Gasteiger partial charge is 0.271 e. The predicted molar refractivity (Wildman–Crippen MR) is 74.7 cm³/mol. The van der Waals surface area contributed by atoms with Gasteiger partial charge in [-0.15, -0.1) is 0 Å². The number of fused-ring (bicyclic) bond motifs is 1. The van der Waals surface area contributed by atoms with Crippen LogP contribution in [0.4, 0.5) is 5.69 Å². The van der Waals surface area contributed by atoms with E-state index in [2.05, 4.69) is 0 Å². The van der Waals surface area contributed by atoms with Crippen molar-refractivity contribution in [2.45, 2.75) is 45.6 Å². The molecule has 0 spiro atoms. The molecule has 4 nitrogen and oxygen atoms in total. The van der Waals surface area contributed by atoms with Crippen LogP contribution < -0.4 is 9.64 Å². The molecule has 0 radical (unpaired) electrons. The molecule has 1 heterocycles. The van der Waals surface area contributed by atoms with Crippen LogP contribution in [0.25, 0.3) is 0 Å². The molecular weight excluding hydrogens is 242 g/mol. The van der Waals surface area contributed by atoms with Gasteiger partial charge in [-0.3, -0.25) is 4.79 Å². The number of anilines is 1. The summed E-state index contributed by atoms with van der Waals surface area (Å²) in [6.45, 7) is 6.63. The number of amides is 1. The number of nitrogens with zero attached hydrogens (tertiary/aromatic N) is 1. The summed E-state index contributed by atoms with van der Waals surface area (Å²) in [5, 5.41) is 9.60. The Kier molecular flexibility index (Phi) is 3.69. The third kappa shape index (κ3) is 2.15. The molecule has 1 aromatic rings. The van der Waals surface area contributed by atoms with Crippen LogP contribution in [0.5, 0.6) is 11.5 Å². The number of phenolic OH excluding ortho intramolecular Hbond substituents is 1. The zero-order chi connectivity index (χ0) is 14.0. The molecule has 1 amide bonds. The number of carbonyl (C=O) groups excluding carboxylic acids is 1. The number of rotatable bonds is 4. The maximum absolute atomic E-state index is 12.7. The van der Waals surface area contributed by atoms with E-state index < -0.39 is 5.60 Å². The first kappa shape index (κ1) is 13.7. The van der Waals surface area contributed by atoms with Crippen LogP contribution in [0.2, 0.25) is 0 Å². The van der Waals surface area contributed by atoms with Gasteiger partial charge in [0.15, 0.2) is 5.60 Å². The van der Waals surface area contributed by atoms with Crippen LogP contribution in [0.1, 0.15) is 40.0 Å². The Labute approximate surface area is 114 Å². The standard InChI is InChI=1S/C15H21NO3/c1-4-9-16-12-8-7-11(17)10-13(12)19-15(5-2,6-3)14(16)18/h7-8,10,17H,4-6,9H2,1-3H3. The van der Waals surface area contributed by atoms with Crippen molar-refractivity contribution in [1.82, 2.24) is 0 Å². The highest BCUT2D eigenvalue weighted by molar-refractivity contribution is 6.02. The quantitative estimate of drug-likeness (QED) is 0.908. The average Bonchev–Trinajstić information content (AvgIpc) is 2.42. The van der Waals surface area contributed by atoms with Crippen molar-refractivity contribution < 1.29 is 14.6 Å². The zero-order valence-electron chi connectivity index (χ0n) is 11.8. The van der Waals surface area contributed by atoms with Crippen LogP contribution >= 0.6 is 0 Å². The van der Waals surface area contributed by atoms with Crippen molar-refractivity contribution in [3.05, 3.63) is 18.2 Å². The molecule has 1 N–H and O–H groups in total. The summed E-state index contributed by atoms with van der Waals surface area (Å²) >= 11 is 0. The molecule has 104 valence electrons. The summed E-state index contributed by atoms with van der Waals surface area (Å²) < 4.78 is 5.94. The fourth-order valence-corrected chi connectivity index (χ4v) is 2.56.